The molecule has 1 N–H and O–H groups in total. The predicted octanol–water partition coefficient (Wildman–Crippen LogP) is 2.28. The number of nitrogens with one attached hydrogen (secondary N) is 1. The third kappa shape index (κ3) is 3.30. The van der Waals surface area contributed by atoms with E-state index in [1.165, 1.54) is 38.0 Å². The molecule has 0 amide bonds. The summed E-state index contributed by atoms with van der Waals surface area (Å²) in [6.07, 6.45) is 4.36. The van der Waals surface area contributed by atoms with Gasteiger partial charge in [0.2, 0.25) is 0 Å². The zero-order valence-corrected chi connectivity index (χ0v) is 13.3. The molecule has 2 heterocycles. The molecule has 112 valence electrons. The summed E-state index contributed by atoms with van der Waals surface area (Å²) in [7, 11) is 4.20. The normalized spacial score (nSPS) is 19.0. The number of pyridine rings is 1. The van der Waals surface area contributed by atoms with E-state index in [0.29, 0.717) is 12.1 Å². The molecular formula is C16H28N4. The first-order valence-corrected chi connectivity index (χ1v) is 7.74. The SMILES string of the molecule is CCN1CCC(N(C)c2ncccc2C(C)NC)CC1. The van der Waals surface area contributed by atoms with Crippen molar-refractivity contribution in [2.45, 2.75) is 38.8 Å². The zero-order valence-electron chi connectivity index (χ0n) is 13.3. The standard InChI is InChI=1S/C16H28N4/c1-5-20-11-8-14(9-12-20)19(4)16-15(13(2)17-3)7-6-10-18-16/h6-7,10,13-14,17H,5,8-9,11-12H2,1-4H3. The van der Waals surface area contributed by atoms with Gasteiger partial charge in [-0.05, 0) is 39.4 Å². The summed E-state index contributed by atoms with van der Waals surface area (Å²) in [4.78, 5) is 9.55. The summed E-state index contributed by atoms with van der Waals surface area (Å²) in [6.45, 7) is 8.01. The van der Waals surface area contributed by atoms with Gasteiger partial charge in [-0.25, -0.2) is 4.98 Å². The Balaban J connectivity index is 2.11. The van der Waals surface area contributed by atoms with Crippen LogP contribution in [0, 0.1) is 0 Å². The molecule has 1 saturated heterocycles. The first-order chi connectivity index (χ1) is 9.67. The lowest BCUT2D eigenvalue weighted by atomic mass is 10.0. The second-order valence-corrected chi connectivity index (χ2v) is 5.70. The van der Waals surface area contributed by atoms with Crippen molar-refractivity contribution in [2.24, 2.45) is 0 Å². The molecular weight excluding hydrogens is 248 g/mol. The van der Waals surface area contributed by atoms with E-state index in [-0.39, 0.29) is 0 Å². The number of nitrogens with zero attached hydrogens (tertiary/aromatic N) is 3. The molecule has 1 aromatic heterocycles. The number of likely N-dealkylation sites (tertiary alicyclic amines) is 1. The van der Waals surface area contributed by atoms with Crippen molar-refractivity contribution in [3.63, 3.8) is 0 Å². The minimum absolute atomic E-state index is 0.330. The van der Waals surface area contributed by atoms with E-state index < -0.39 is 0 Å². The molecule has 0 saturated carbocycles. The van der Waals surface area contributed by atoms with Crippen LogP contribution in [-0.2, 0) is 0 Å². The number of anilines is 1. The van der Waals surface area contributed by atoms with Crippen molar-refractivity contribution >= 4 is 5.82 Å². The smallest absolute Gasteiger partial charge is 0.133 e. The van der Waals surface area contributed by atoms with Gasteiger partial charge in [0.15, 0.2) is 0 Å². The van der Waals surface area contributed by atoms with Crippen LogP contribution in [0.5, 0.6) is 0 Å². The predicted molar refractivity (Wildman–Crippen MR) is 85.3 cm³/mol. The molecule has 4 nitrogen and oxygen atoms in total. The Bertz CT molecular complexity index is 413. The zero-order chi connectivity index (χ0) is 14.5. The molecule has 1 aliphatic heterocycles. The Morgan fingerprint density at radius 3 is 2.75 bits per heavy atom. The Morgan fingerprint density at radius 1 is 1.45 bits per heavy atom. The average molecular weight is 276 g/mol. The van der Waals surface area contributed by atoms with Crippen molar-refractivity contribution in [3.8, 4) is 0 Å². The van der Waals surface area contributed by atoms with Crippen LogP contribution < -0.4 is 10.2 Å². The maximum Gasteiger partial charge on any atom is 0.133 e. The number of hydrogen-bond donors (Lipinski definition) is 1. The third-order valence-corrected chi connectivity index (χ3v) is 4.60. The number of piperidine rings is 1. The highest BCUT2D eigenvalue weighted by atomic mass is 15.2. The maximum absolute atomic E-state index is 4.63. The van der Waals surface area contributed by atoms with E-state index >= 15 is 0 Å². The Hall–Kier alpha value is -1.13. The van der Waals surface area contributed by atoms with Crippen molar-refractivity contribution in [3.05, 3.63) is 23.9 Å². The minimum atomic E-state index is 0.330. The largest absolute Gasteiger partial charge is 0.356 e. The van der Waals surface area contributed by atoms with E-state index in [2.05, 4.69) is 47.1 Å². The lowest BCUT2D eigenvalue weighted by Gasteiger charge is -2.37. The van der Waals surface area contributed by atoms with Crippen molar-refractivity contribution in [2.75, 3.05) is 38.6 Å². The van der Waals surface area contributed by atoms with Gasteiger partial charge in [0.25, 0.3) is 0 Å². The summed E-state index contributed by atoms with van der Waals surface area (Å²) >= 11 is 0. The Morgan fingerprint density at radius 2 is 2.15 bits per heavy atom. The molecule has 4 heteroatoms. The quantitative estimate of drug-likeness (QED) is 0.894. The van der Waals surface area contributed by atoms with Crippen molar-refractivity contribution in [1.82, 2.24) is 15.2 Å². The van der Waals surface area contributed by atoms with Gasteiger partial charge in [0.05, 0.1) is 0 Å². The van der Waals surface area contributed by atoms with Crippen LogP contribution in [0.4, 0.5) is 5.82 Å². The lowest BCUT2D eigenvalue weighted by molar-refractivity contribution is 0.220. The Labute approximate surface area is 123 Å². The lowest BCUT2D eigenvalue weighted by Crippen LogP contribution is -2.44. The summed E-state index contributed by atoms with van der Waals surface area (Å²) in [6, 6.07) is 5.15. The molecule has 0 spiro atoms. The summed E-state index contributed by atoms with van der Waals surface area (Å²) < 4.78 is 0. The van der Waals surface area contributed by atoms with Crippen LogP contribution in [0.25, 0.3) is 0 Å². The van der Waals surface area contributed by atoms with E-state index in [1.807, 2.05) is 19.3 Å². The van der Waals surface area contributed by atoms with Gasteiger partial charge < -0.3 is 15.1 Å². The van der Waals surface area contributed by atoms with Gasteiger partial charge in [0.1, 0.15) is 5.82 Å². The molecule has 1 unspecified atom stereocenters. The van der Waals surface area contributed by atoms with Crippen LogP contribution in [-0.4, -0.2) is 49.7 Å². The van der Waals surface area contributed by atoms with Gasteiger partial charge in [0, 0.05) is 44.0 Å². The van der Waals surface area contributed by atoms with Gasteiger partial charge in [-0.3, -0.25) is 0 Å². The molecule has 0 aromatic carbocycles. The molecule has 20 heavy (non-hydrogen) atoms. The van der Waals surface area contributed by atoms with Crippen LogP contribution >= 0.6 is 0 Å². The maximum atomic E-state index is 4.63. The van der Waals surface area contributed by atoms with Crippen LogP contribution in [0.3, 0.4) is 0 Å². The molecule has 0 bridgehead atoms. The van der Waals surface area contributed by atoms with Gasteiger partial charge >= 0.3 is 0 Å². The van der Waals surface area contributed by atoms with Crippen LogP contribution in [0.2, 0.25) is 0 Å². The molecule has 1 aromatic rings. The summed E-state index contributed by atoms with van der Waals surface area (Å²) in [5.41, 5.74) is 1.29. The molecule has 2 rings (SSSR count). The number of hydrogen-bond acceptors (Lipinski definition) is 4. The van der Waals surface area contributed by atoms with E-state index in [9.17, 15) is 0 Å². The number of aromatic nitrogens is 1. The van der Waals surface area contributed by atoms with Crippen molar-refractivity contribution < 1.29 is 0 Å². The van der Waals surface area contributed by atoms with Crippen molar-refractivity contribution in [1.29, 1.82) is 0 Å². The van der Waals surface area contributed by atoms with Crippen LogP contribution in [0.15, 0.2) is 18.3 Å². The van der Waals surface area contributed by atoms with Gasteiger partial charge in [-0.15, -0.1) is 0 Å². The van der Waals surface area contributed by atoms with E-state index in [0.717, 1.165) is 5.82 Å². The molecule has 0 radical (unpaired) electrons. The second-order valence-electron chi connectivity index (χ2n) is 5.70. The van der Waals surface area contributed by atoms with E-state index in [1.54, 1.807) is 0 Å². The van der Waals surface area contributed by atoms with Gasteiger partial charge in [-0.1, -0.05) is 13.0 Å². The fourth-order valence-corrected chi connectivity index (χ4v) is 2.99. The van der Waals surface area contributed by atoms with Gasteiger partial charge in [-0.2, -0.15) is 0 Å². The highest BCUT2D eigenvalue weighted by Crippen LogP contribution is 2.27. The summed E-state index contributed by atoms with van der Waals surface area (Å²) in [5.74, 6) is 1.13. The molecule has 1 fully saturated rings. The van der Waals surface area contributed by atoms with E-state index in [4.69, 9.17) is 0 Å². The fraction of sp³-hybridized carbons (Fsp3) is 0.688. The first kappa shape index (κ1) is 15.3. The van der Waals surface area contributed by atoms with Crippen LogP contribution in [0.1, 0.15) is 38.3 Å². The fourth-order valence-electron chi connectivity index (χ4n) is 2.99. The number of rotatable bonds is 5. The highest BCUT2D eigenvalue weighted by Gasteiger charge is 2.24. The third-order valence-electron chi connectivity index (χ3n) is 4.60. The average Bonchev–Trinajstić information content (AvgIpc) is 2.53. The highest BCUT2D eigenvalue weighted by molar-refractivity contribution is 5.48. The first-order valence-electron chi connectivity index (χ1n) is 7.74. The molecule has 1 atom stereocenters. The monoisotopic (exact) mass is 276 g/mol. The molecule has 0 aliphatic carbocycles. The topological polar surface area (TPSA) is 31.4 Å². The Kier molecular flexibility index (Phi) is 5.38. The summed E-state index contributed by atoms with van der Waals surface area (Å²) in [5, 5.41) is 3.32. The minimum Gasteiger partial charge on any atom is -0.356 e. The molecule has 1 aliphatic rings. The second kappa shape index (κ2) is 7.04.